The minimum atomic E-state index is -0.442. The van der Waals surface area contributed by atoms with Crippen LogP contribution in [0, 0.1) is 0 Å². The maximum absolute atomic E-state index is 12.3. The van der Waals surface area contributed by atoms with E-state index < -0.39 is 5.60 Å². The summed E-state index contributed by atoms with van der Waals surface area (Å²) in [7, 11) is 0. The predicted octanol–water partition coefficient (Wildman–Crippen LogP) is 5.50. The van der Waals surface area contributed by atoms with E-state index in [-0.39, 0.29) is 6.09 Å². The van der Waals surface area contributed by atoms with Gasteiger partial charge in [0.2, 0.25) is 0 Å². The average Bonchev–Trinajstić information content (AvgIpc) is 2.66. The Balaban J connectivity index is 0.00000127. The summed E-state index contributed by atoms with van der Waals surface area (Å²) in [6.45, 7) is 13.3. The van der Waals surface area contributed by atoms with Gasteiger partial charge in [-0.2, -0.15) is 0 Å². The van der Waals surface area contributed by atoms with Crippen LogP contribution in [-0.2, 0) is 16.5 Å². The van der Waals surface area contributed by atoms with Crippen molar-refractivity contribution in [1.82, 2.24) is 4.90 Å². The zero-order valence-electron chi connectivity index (χ0n) is 15.3. The van der Waals surface area contributed by atoms with E-state index in [9.17, 15) is 4.79 Å². The van der Waals surface area contributed by atoms with Crippen LogP contribution in [0.1, 0.15) is 64.2 Å². The molecule has 0 aliphatic carbocycles. The van der Waals surface area contributed by atoms with Crippen LogP contribution in [0.4, 0.5) is 4.79 Å². The Labute approximate surface area is 149 Å². The number of halogens is 1. The number of hydrogen-bond acceptors (Lipinski definition) is 2. The van der Waals surface area contributed by atoms with Gasteiger partial charge in [0.05, 0.1) is 0 Å². The first-order valence-electron chi connectivity index (χ1n) is 8.46. The molecule has 1 aromatic rings. The number of ether oxygens (including phenoxy) is 1. The van der Waals surface area contributed by atoms with Gasteiger partial charge in [0.25, 0.3) is 0 Å². The molecule has 1 heterocycles. The van der Waals surface area contributed by atoms with Crippen molar-refractivity contribution in [2.45, 2.75) is 64.8 Å². The van der Waals surface area contributed by atoms with Crippen LogP contribution in [0.25, 0.3) is 0 Å². The fourth-order valence-corrected chi connectivity index (χ4v) is 3.06. The molecule has 1 atom stereocenters. The Morgan fingerprint density at radius 3 is 2.57 bits per heavy atom. The normalized spacial score (nSPS) is 17.5. The Bertz CT molecular complexity index is 523. The standard InChI is InChI=1S/C17H24BrNO2.C2H6/c1-12-11-19(16(20)21-17(2,3)4)8-7-14-9-13(10-18)5-6-15(12)14;1-2/h5-6,9,12H,7-8,10-11H2,1-4H3;1-2H3/t12-;/m0./s1. The maximum atomic E-state index is 12.3. The summed E-state index contributed by atoms with van der Waals surface area (Å²) in [6, 6.07) is 6.61. The van der Waals surface area contributed by atoms with Crippen molar-refractivity contribution in [3.8, 4) is 0 Å². The summed E-state index contributed by atoms with van der Waals surface area (Å²) in [5.74, 6) is 0.333. The van der Waals surface area contributed by atoms with Crippen molar-refractivity contribution < 1.29 is 9.53 Å². The van der Waals surface area contributed by atoms with Crippen LogP contribution in [-0.4, -0.2) is 29.7 Å². The molecule has 0 spiro atoms. The summed E-state index contributed by atoms with van der Waals surface area (Å²) in [5.41, 5.74) is 3.55. The molecule has 1 aliphatic heterocycles. The lowest BCUT2D eigenvalue weighted by Crippen LogP contribution is -2.38. The highest BCUT2D eigenvalue weighted by Gasteiger charge is 2.27. The monoisotopic (exact) mass is 383 g/mol. The second-order valence-corrected chi connectivity index (χ2v) is 7.30. The van der Waals surface area contributed by atoms with Crippen molar-refractivity contribution in [3.05, 3.63) is 34.9 Å². The molecular weight excluding hydrogens is 354 g/mol. The predicted molar refractivity (Wildman–Crippen MR) is 100 cm³/mol. The Hall–Kier alpha value is -1.03. The lowest BCUT2D eigenvalue weighted by atomic mass is 9.94. The first-order valence-corrected chi connectivity index (χ1v) is 9.58. The van der Waals surface area contributed by atoms with Crippen LogP contribution in [0.5, 0.6) is 0 Å². The lowest BCUT2D eigenvalue weighted by Gasteiger charge is -2.27. The van der Waals surface area contributed by atoms with E-state index >= 15 is 0 Å². The average molecular weight is 384 g/mol. The van der Waals surface area contributed by atoms with Crippen molar-refractivity contribution >= 4 is 22.0 Å². The smallest absolute Gasteiger partial charge is 0.410 e. The molecule has 130 valence electrons. The van der Waals surface area contributed by atoms with Gasteiger partial charge in [0.15, 0.2) is 0 Å². The molecular formula is C19H30BrNO2. The van der Waals surface area contributed by atoms with E-state index in [2.05, 4.69) is 41.1 Å². The molecule has 3 nitrogen and oxygen atoms in total. The van der Waals surface area contributed by atoms with Crippen molar-refractivity contribution in [3.63, 3.8) is 0 Å². The number of carbonyl (C=O) groups is 1. The van der Waals surface area contributed by atoms with Crippen LogP contribution in [0.15, 0.2) is 18.2 Å². The fraction of sp³-hybridized carbons (Fsp3) is 0.632. The first kappa shape index (κ1) is 20.0. The van der Waals surface area contributed by atoms with Crippen LogP contribution >= 0.6 is 15.9 Å². The third-order valence-corrected chi connectivity index (χ3v) is 4.34. The largest absolute Gasteiger partial charge is 0.444 e. The van der Waals surface area contributed by atoms with Gasteiger partial charge in [-0.1, -0.05) is 54.9 Å². The number of fused-ring (bicyclic) bond motifs is 1. The summed E-state index contributed by atoms with van der Waals surface area (Å²) in [4.78, 5) is 14.1. The Kier molecular flexibility index (Phi) is 7.59. The SMILES string of the molecule is CC.C[C@H]1CN(C(=O)OC(C)(C)C)CCc2cc(CBr)ccc21. The number of nitrogens with zero attached hydrogens (tertiary/aromatic N) is 1. The van der Waals surface area contributed by atoms with Crippen molar-refractivity contribution in [2.24, 2.45) is 0 Å². The van der Waals surface area contributed by atoms with Crippen LogP contribution < -0.4 is 0 Å². The molecule has 1 aliphatic rings. The molecule has 0 unspecified atom stereocenters. The molecule has 0 fully saturated rings. The van der Waals surface area contributed by atoms with Crippen LogP contribution in [0.3, 0.4) is 0 Å². The van der Waals surface area contributed by atoms with Gasteiger partial charge >= 0.3 is 6.09 Å². The van der Waals surface area contributed by atoms with Gasteiger partial charge in [0, 0.05) is 18.4 Å². The molecule has 1 amide bonds. The van der Waals surface area contributed by atoms with Crippen molar-refractivity contribution in [2.75, 3.05) is 13.1 Å². The lowest BCUT2D eigenvalue weighted by molar-refractivity contribution is 0.0248. The molecule has 1 aromatic carbocycles. The molecule has 4 heteroatoms. The summed E-state index contributed by atoms with van der Waals surface area (Å²) >= 11 is 3.50. The van der Waals surface area contributed by atoms with Crippen LogP contribution in [0.2, 0.25) is 0 Å². The number of hydrogen-bond donors (Lipinski definition) is 0. The van der Waals surface area contributed by atoms with Gasteiger partial charge in [-0.25, -0.2) is 4.79 Å². The zero-order chi connectivity index (χ0) is 17.6. The molecule has 0 aromatic heterocycles. The summed E-state index contributed by atoms with van der Waals surface area (Å²) in [6.07, 6.45) is 0.683. The zero-order valence-corrected chi connectivity index (χ0v) is 16.9. The molecule has 0 radical (unpaired) electrons. The maximum Gasteiger partial charge on any atom is 0.410 e. The van der Waals surface area contributed by atoms with Gasteiger partial charge in [-0.05, 0) is 49.8 Å². The second kappa shape index (κ2) is 8.72. The summed E-state index contributed by atoms with van der Waals surface area (Å²) in [5, 5.41) is 0.866. The number of rotatable bonds is 1. The van der Waals surface area contributed by atoms with E-state index in [1.165, 1.54) is 16.7 Å². The second-order valence-electron chi connectivity index (χ2n) is 6.74. The number of carbonyl (C=O) groups excluding carboxylic acids is 1. The molecule has 0 N–H and O–H groups in total. The minimum Gasteiger partial charge on any atom is -0.444 e. The van der Waals surface area contributed by atoms with Gasteiger partial charge in [-0.3, -0.25) is 0 Å². The highest BCUT2D eigenvalue weighted by Crippen LogP contribution is 2.27. The van der Waals surface area contributed by atoms with Gasteiger partial charge < -0.3 is 9.64 Å². The third-order valence-electron chi connectivity index (χ3n) is 3.69. The number of benzene rings is 1. The Morgan fingerprint density at radius 1 is 1.35 bits per heavy atom. The van der Waals surface area contributed by atoms with E-state index in [1.54, 1.807) is 0 Å². The van der Waals surface area contributed by atoms with Crippen molar-refractivity contribution in [1.29, 1.82) is 0 Å². The highest BCUT2D eigenvalue weighted by atomic mass is 79.9. The molecule has 0 saturated heterocycles. The topological polar surface area (TPSA) is 29.5 Å². The van der Waals surface area contributed by atoms with E-state index in [4.69, 9.17) is 4.74 Å². The quantitative estimate of drug-likeness (QED) is 0.598. The molecule has 0 bridgehead atoms. The van der Waals surface area contributed by atoms with E-state index in [0.29, 0.717) is 5.92 Å². The summed E-state index contributed by atoms with van der Waals surface area (Å²) < 4.78 is 5.50. The number of amides is 1. The Morgan fingerprint density at radius 2 is 2.00 bits per heavy atom. The fourth-order valence-electron chi connectivity index (χ4n) is 2.71. The van der Waals surface area contributed by atoms with E-state index in [1.807, 2.05) is 39.5 Å². The van der Waals surface area contributed by atoms with E-state index in [0.717, 1.165) is 24.8 Å². The first-order chi connectivity index (χ1) is 10.8. The number of alkyl halides is 1. The van der Waals surface area contributed by atoms with Gasteiger partial charge in [-0.15, -0.1) is 0 Å². The third kappa shape index (κ3) is 5.83. The molecule has 23 heavy (non-hydrogen) atoms. The minimum absolute atomic E-state index is 0.206. The highest BCUT2D eigenvalue weighted by molar-refractivity contribution is 9.08. The molecule has 0 saturated carbocycles. The molecule has 2 rings (SSSR count). The van der Waals surface area contributed by atoms with Gasteiger partial charge in [0.1, 0.15) is 5.60 Å².